The number of likely N-dealkylation sites (tertiary alicyclic amines) is 2. The Balaban J connectivity index is 1.06. The fourth-order valence-corrected chi connectivity index (χ4v) is 6.45. The summed E-state index contributed by atoms with van der Waals surface area (Å²) in [6.07, 6.45) is 1.95. The molecule has 3 saturated heterocycles. The third-order valence-corrected chi connectivity index (χ3v) is 8.81. The van der Waals surface area contributed by atoms with Crippen molar-refractivity contribution < 1.29 is 22.7 Å². The number of aromatic nitrogens is 3. The van der Waals surface area contributed by atoms with E-state index in [-0.39, 0.29) is 11.7 Å². The highest BCUT2D eigenvalue weighted by Gasteiger charge is 2.43. The average Bonchev–Trinajstić information content (AvgIpc) is 3.38. The Morgan fingerprint density at radius 3 is 2.56 bits per heavy atom. The first-order valence-electron chi connectivity index (χ1n) is 14.3. The lowest BCUT2D eigenvalue weighted by molar-refractivity contribution is -0.141. The quantitative estimate of drug-likeness (QED) is 0.443. The highest BCUT2D eigenvalue weighted by Crippen LogP contribution is 2.38. The summed E-state index contributed by atoms with van der Waals surface area (Å²) in [5, 5.41) is 11.7. The van der Waals surface area contributed by atoms with Gasteiger partial charge in [0, 0.05) is 56.9 Å². The van der Waals surface area contributed by atoms with Gasteiger partial charge in [-0.2, -0.15) is 18.3 Å². The molecule has 12 heteroatoms. The molecule has 2 N–H and O–H groups in total. The number of fused-ring (bicyclic) bond motifs is 1. The fourth-order valence-electron chi connectivity index (χ4n) is 6.45. The molecule has 1 amide bonds. The smallest absolute Gasteiger partial charge is 0.433 e. The summed E-state index contributed by atoms with van der Waals surface area (Å²) in [4.78, 5) is 21.4. The number of anilines is 1. The highest BCUT2D eigenvalue weighted by molar-refractivity contribution is 6.05. The number of ether oxygens (including phenoxy) is 1. The van der Waals surface area contributed by atoms with E-state index < -0.39 is 17.8 Å². The summed E-state index contributed by atoms with van der Waals surface area (Å²) < 4.78 is 46.6. The van der Waals surface area contributed by atoms with E-state index in [1.807, 2.05) is 10.9 Å². The molecule has 0 aliphatic carbocycles. The molecular formula is C29H36F3N7O2. The van der Waals surface area contributed by atoms with Gasteiger partial charge in [-0.15, -0.1) is 0 Å². The van der Waals surface area contributed by atoms with Gasteiger partial charge in [0.15, 0.2) is 0 Å². The van der Waals surface area contributed by atoms with Crippen LogP contribution in [0.2, 0.25) is 0 Å². The summed E-state index contributed by atoms with van der Waals surface area (Å²) in [6, 6.07) is 6.99. The molecule has 0 atom stereocenters. The number of methoxy groups -OCH3 is 1. The van der Waals surface area contributed by atoms with Gasteiger partial charge in [0.1, 0.15) is 17.1 Å². The Morgan fingerprint density at radius 1 is 1.12 bits per heavy atom. The maximum Gasteiger partial charge on any atom is 0.433 e. The minimum atomic E-state index is -4.64. The summed E-state index contributed by atoms with van der Waals surface area (Å²) in [7, 11) is 1.47. The van der Waals surface area contributed by atoms with Gasteiger partial charge >= 0.3 is 6.18 Å². The maximum atomic E-state index is 13.0. The van der Waals surface area contributed by atoms with Crippen LogP contribution in [0.25, 0.3) is 10.9 Å². The molecule has 0 bridgehead atoms. The van der Waals surface area contributed by atoms with E-state index in [1.165, 1.54) is 39.1 Å². The first kappa shape index (κ1) is 27.9. The third-order valence-electron chi connectivity index (χ3n) is 8.81. The summed E-state index contributed by atoms with van der Waals surface area (Å²) in [5.41, 5.74) is 0.191. The molecule has 3 aliphatic heterocycles. The molecule has 2 aromatic heterocycles. The first-order chi connectivity index (χ1) is 19.7. The van der Waals surface area contributed by atoms with E-state index in [2.05, 4.69) is 25.4 Å². The second-order valence-electron chi connectivity index (χ2n) is 11.6. The molecule has 41 heavy (non-hydrogen) atoms. The summed E-state index contributed by atoms with van der Waals surface area (Å²) in [6.45, 7) is 9.09. The Morgan fingerprint density at radius 2 is 1.85 bits per heavy atom. The number of pyridine rings is 1. The zero-order chi connectivity index (χ0) is 28.6. The molecule has 1 aromatic carbocycles. The van der Waals surface area contributed by atoms with Crippen LogP contribution in [-0.4, -0.2) is 89.9 Å². The molecule has 6 rings (SSSR count). The SMILES string of the molecule is COc1cc2nn(C3CCN(CCN4CC5(CCNCC5)C4)CC3)cc2cc1NC(=O)c1cccc(C(F)(F)F)n1. The number of benzene rings is 1. The van der Waals surface area contributed by atoms with Gasteiger partial charge in [0.2, 0.25) is 0 Å². The number of carbonyl (C=O) groups excluding carboxylic acids is 1. The van der Waals surface area contributed by atoms with Gasteiger partial charge in [-0.3, -0.25) is 9.48 Å². The number of hydrogen-bond acceptors (Lipinski definition) is 7. The first-order valence-corrected chi connectivity index (χ1v) is 14.3. The van der Waals surface area contributed by atoms with Crippen molar-refractivity contribution in [3.05, 3.63) is 47.9 Å². The van der Waals surface area contributed by atoms with Gasteiger partial charge in [0.05, 0.1) is 24.4 Å². The second kappa shape index (κ2) is 11.2. The molecule has 5 heterocycles. The maximum absolute atomic E-state index is 13.0. The van der Waals surface area contributed by atoms with Crippen LogP contribution in [0.4, 0.5) is 18.9 Å². The molecule has 3 fully saturated rings. The Labute approximate surface area is 237 Å². The lowest BCUT2D eigenvalue weighted by Crippen LogP contribution is -2.60. The van der Waals surface area contributed by atoms with E-state index in [1.54, 1.807) is 12.1 Å². The summed E-state index contributed by atoms with van der Waals surface area (Å²) >= 11 is 0. The van der Waals surface area contributed by atoms with Gasteiger partial charge in [0.25, 0.3) is 5.91 Å². The van der Waals surface area contributed by atoms with Crippen molar-refractivity contribution in [2.24, 2.45) is 5.41 Å². The molecule has 0 saturated carbocycles. The lowest BCUT2D eigenvalue weighted by atomic mass is 9.72. The van der Waals surface area contributed by atoms with Crippen LogP contribution in [0.1, 0.15) is 47.9 Å². The third kappa shape index (κ3) is 6.05. The van der Waals surface area contributed by atoms with Gasteiger partial charge in [-0.1, -0.05) is 6.07 Å². The Bertz CT molecular complexity index is 1390. The van der Waals surface area contributed by atoms with Crippen LogP contribution >= 0.6 is 0 Å². The lowest BCUT2D eigenvalue weighted by Gasteiger charge is -2.53. The molecule has 3 aliphatic rings. The average molecular weight is 572 g/mol. The number of carbonyl (C=O) groups is 1. The van der Waals surface area contributed by atoms with Crippen LogP contribution in [0, 0.1) is 5.41 Å². The number of halogens is 3. The standard InChI is InChI=1S/C29H36F3N7O2/c1-41-25-16-23-20(15-24(25)35-27(40)22-3-2-4-26(34-22)29(30,31)32)17-39(36-23)21-5-11-37(12-6-21)13-14-38-18-28(19-38)7-9-33-10-8-28/h2-4,15-17,21,33H,5-14,18-19H2,1H3,(H,35,40). The van der Waals surface area contributed by atoms with Gasteiger partial charge in [-0.05, 0) is 62.4 Å². The van der Waals surface area contributed by atoms with Crippen LogP contribution < -0.4 is 15.4 Å². The van der Waals surface area contributed by atoms with Crippen molar-refractivity contribution in [1.82, 2.24) is 29.9 Å². The van der Waals surface area contributed by atoms with E-state index in [4.69, 9.17) is 9.84 Å². The number of rotatable bonds is 7. The molecule has 0 radical (unpaired) electrons. The van der Waals surface area contributed by atoms with Crippen LogP contribution in [0.5, 0.6) is 5.75 Å². The zero-order valence-corrected chi connectivity index (χ0v) is 23.2. The molecule has 9 nitrogen and oxygen atoms in total. The molecule has 3 aromatic rings. The van der Waals surface area contributed by atoms with Crippen molar-refractivity contribution >= 4 is 22.5 Å². The number of nitrogens with zero attached hydrogens (tertiary/aromatic N) is 5. The number of piperidine rings is 2. The molecule has 1 spiro atoms. The van der Waals surface area contributed by atoms with Gasteiger partial charge < -0.3 is 25.2 Å². The fraction of sp³-hybridized carbons (Fsp3) is 0.552. The van der Waals surface area contributed by atoms with Crippen LogP contribution in [-0.2, 0) is 6.18 Å². The van der Waals surface area contributed by atoms with Gasteiger partial charge in [-0.25, -0.2) is 4.98 Å². The van der Waals surface area contributed by atoms with Crippen LogP contribution in [0.15, 0.2) is 36.5 Å². The summed E-state index contributed by atoms with van der Waals surface area (Å²) in [5.74, 6) is -0.382. The van der Waals surface area contributed by atoms with Crippen molar-refractivity contribution in [3.8, 4) is 5.75 Å². The van der Waals surface area contributed by atoms with Crippen molar-refractivity contribution in [1.29, 1.82) is 0 Å². The predicted octanol–water partition coefficient (Wildman–Crippen LogP) is 4.03. The van der Waals surface area contributed by atoms with Crippen molar-refractivity contribution in [2.75, 3.05) is 64.8 Å². The topological polar surface area (TPSA) is 87.5 Å². The Kier molecular flexibility index (Phi) is 7.64. The van der Waals surface area contributed by atoms with E-state index in [0.29, 0.717) is 16.9 Å². The minimum Gasteiger partial charge on any atom is -0.494 e. The van der Waals surface area contributed by atoms with Crippen LogP contribution in [0.3, 0.4) is 0 Å². The predicted molar refractivity (Wildman–Crippen MR) is 149 cm³/mol. The van der Waals surface area contributed by atoms with Crippen molar-refractivity contribution in [2.45, 2.75) is 37.9 Å². The van der Waals surface area contributed by atoms with E-state index >= 15 is 0 Å². The second-order valence-corrected chi connectivity index (χ2v) is 11.6. The normalized spacial score (nSPS) is 20.3. The monoisotopic (exact) mass is 571 g/mol. The number of amides is 1. The number of alkyl halides is 3. The number of nitrogens with one attached hydrogen (secondary N) is 2. The molecule has 0 unspecified atom stereocenters. The molecular weight excluding hydrogens is 535 g/mol. The van der Waals surface area contributed by atoms with E-state index in [9.17, 15) is 18.0 Å². The largest absolute Gasteiger partial charge is 0.494 e. The minimum absolute atomic E-state index is 0.277. The number of hydrogen-bond donors (Lipinski definition) is 2. The zero-order valence-electron chi connectivity index (χ0n) is 23.2. The molecule has 220 valence electrons. The van der Waals surface area contributed by atoms with Crippen molar-refractivity contribution in [3.63, 3.8) is 0 Å². The van der Waals surface area contributed by atoms with E-state index in [0.717, 1.165) is 75.1 Å². The highest BCUT2D eigenvalue weighted by atomic mass is 19.4. The Hall–Kier alpha value is -3.22.